The molecule has 0 saturated heterocycles. The molecule has 2 aromatic rings. The van der Waals surface area contributed by atoms with Crippen LogP contribution in [0.15, 0.2) is 12.4 Å². The van der Waals surface area contributed by atoms with Gasteiger partial charge in [-0.15, -0.1) is 0 Å². The molecule has 2 heterocycles. The first-order valence-electron chi connectivity index (χ1n) is 4.80. The van der Waals surface area contributed by atoms with Crippen molar-refractivity contribution in [1.29, 1.82) is 0 Å². The number of rotatable bonds is 2. The molecule has 5 heteroatoms. The summed E-state index contributed by atoms with van der Waals surface area (Å²) in [7, 11) is 1.82. The van der Waals surface area contributed by atoms with E-state index in [2.05, 4.69) is 4.98 Å². The van der Waals surface area contributed by atoms with Gasteiger partial charge in [-0.05, 0) is 6.92 Å². The SMILES string of the molecule is CC(=O)c1cnc2c(c(CO)cn2C)c1Cl. The number of aliphatic hydroxyl groups is 1. The lowest BCUT2D eigenvalue weighted by molar-refractivity contribution is 0.101. The molecule has 0 amide bonds. The molecule has 16 heavy (non-hydrogen) atoms. The second-order valence-electron chi connectivity index (χ2n) is 3.66. The van der Waals surface area contributed by atoms with E-state index in [1.807, 2.05) is 7.05 Å². The van der Waals surface area contributed by atoms with Crippen molar-refractivity contribution in [2.75, 3.05) is 0 Å². The third-order valence-electron chi connectivity index (χ3n) is 2.55. The number of hydrogen-bond donors (Lipinski definition) is 1. The number of ketones is 1. The summed E-state index contributed by atoms with van der Waals surface area (Å²) in [5.74, 6) is -0.132. The smallest absolute Gasteiger partial charge is 0.162 e. The van der Waals surface area contributed by atoms with Gasteiger partial charge in [-0.3, -0.25) is 4.79 Å². The number of aromatic nitrogens is 2. The monoisotopic (exact) mass is 238 g/mol. The zero-order valence-electron chi connectivity index (χ0n) is 8.99. The Morgan fingerprint density at radius 1 is 1.62 bits per heavy atom. The Bertz CT molecular complexity index is 575. The van der Waals surface area contributed by atoms with Gasteiger partial charge in [0.25, 0.3) is 0 Å². The maximum absolute atomic E-state index is 11.3. The minimum Gasteiger partial charge on any atom is -0.392 e. The molecule has 0 aliphatic rings. The van der Waals surface area contributed by atoms with Crippen LogP contribution in [-0.2, 0) is 13.7 Å². The average Bonchev–Trinajstić information content (AvgIpc) is 2.56. The molecule has 0 aromatic carbocycles. The van der Waals surface area contributed by atoms with Crippen molar-refractivity contribution in [3.05, 3.63) is 28.5 Å². The molecule has 1 N–H and O–H groups in total. The number of hydrogen-bond acceptors (Lipinski definition) is 3. The highest BCUT2D eigenvalue weighted by atomic mass is 35.5. The van der Waals surface area contributed by atoms with Crippen LogP contribution in [-0.4, -0.2) is 20.4 Å². The van der Waals surface area contributed by atoms with Gasteiger partial charge in [0.2, 0.25) is 0 Å². The summed E-state index contributed by atoms with van der Waals surface area (Å²) in [6.07, 6.45) is 3.22. The van der Waals surface area contributed by atoms with Crippen LogP contribution >= 0.6 is 11.6 Å². The van der Waals surface area contributed by atoms with Gasteiger partial charge in [0.15, 0.2) is 5.78 Å². The maximum Gasteiger partial charge on any atom is 0.162 e. The highest BCUT2D eigenvalue weighted by Gasteiger charge is 2.16. The van der Waals surface area contributed by atoms with Crippen molar-refractivity contribution in [3.63, 3.8) is 0 Å². The van der Waals surface area contributed by atoms with Crippen LogP contribution in [0, 0.1) is 0 Å². The first kappa shape index (κ1) is 11.1. The molecule has 0 saturated carbocycles. The summed E-state index contributed by atoms with van der Waals surface area (Å²) in [5, 5.41) is 10.2. The molecular weight excluding hydrogens is 228 g/mol. The number of aliphatic hydroxyl groups excluding tert-OH is 1. The summed E-state index contributed by atoms with van der Waals surface area (Å²) in [6, 6.07) is 0. The van der Waals surface area contributed by atoms with E-state index >= 15 is 0 Å². The third-order valence-corrected chi connectivity index (χ3v) is 2.94. The predicted molar refractivity (Wildman–Crippen MR) is 61.7 cm³/mol. The summed E-state index contributed by atoms with van der Waals surface area (Å²) >= 11 is 6.15. The molecule has 4 nitrogen and oxygen atoms in total. The van der Waals surface area contributed by atoms with E-state index in [1.165, 1.54) is 13.1 Å². The van der Waals surface area contributed by atoms with Crippen molar-refractivity contribution < 1.29 is 9.90 Å². The van der Waals surface area contributed by atoms with Gasteiger partial charge in [0.05, 0.1) is 17.2 Å². The molecule has 0 spiro atoms. The van der Waals surface area contributed by atoms with Gasteiger partial charge in [-0.2, -0.15) is 0 Å². The fourth-order valence-corrected chi connectivity index (χ4v) is 2.14. The molecule has 0 unspecified atom stereocenters. The number of fused-ring (bicyclic) bond motifs is 1. The normalized spacial score (nSPS) is 11.0. The zero-order valence-corrected chi connectivity index (χ0v) is 9.75. The lowest BCUT2D eigenvalue weighted by Gasteiger charge is -2.02. The van der Waals surface area contributed by atoms with Crippen LogP contribution in [0.2, 0.25) is 5.02 Å². The van der Waals surface area contributed by atoms with Crippen LogP contribution in [0.5, 0.6) is 0 Å². The predicted octanol–water partition coefficient (Wildman–Crippen LogP) is 1.92. The molecule has 0 bridgehead atoms. The molecular formula is C11H11ClN2O2. The van der Waals surface area contributed by atoms with Crippen molar-refractivity contribution in [1.82, 2.24) is 9.55 Å². The quantitative estimate of drug-likeness (QED) is 0.814. The summed E-state index contributed by atoms with van der Waals surface area (Å²) in [5.41, 5.74) is 1.73. The Morgan fingerprint density at radius 3 is 2.88 bits per heavy atom. The Kier molecular flexibility index (Phi) is 2.69. The van der Waals surface area contributed by atoms with Crippen molar-refractivity contribution in [3.8, 4) is 0 Å². The van der Waals surface area contributed by atoms with Crippen LogP contribution in [0.3, 0.4) is 0 Å². The van der Waals surface area contributed by atoms with E-state index in [4.69, 9.17) is 11.6 Å². The van der Waals surface area contributed by atoms with E-state index in [9.17, 15) is 9.90 Å². The van der Waals surface area contributed by atoms with Gasteiger partial charge < -0.3 is 9.67 Å². The molecule has 0 aliphatic carbocycles. The van der Waals surface area contributed by atoms with Crippen LogP contribution in [0.4, 0.5) is 0 Å². The second kappa shape index (κ2) is 3.88. The largest absolute Gasteiger partial charge is 0.392 e. The fourth-order valence-electron chi connectivity index (χ4n) is 1.76. The summed E-state index contributed by atoms with van der Waals surface area (Å²) in [4.78, 5) is 15.5. The van der Waals surface area contributed by atoms with E-state index < -0.39 is 0 Å². The van der Waals surface area contributed by atoms with Gasteiger partial charge in [-0.25, -0.2) is 4.98 Å². The first-order chi connectivity index (χ1) is 7.56. The summed E-state index contributed by atoms with van der Waals surface area (Å²) < 4.78 is 1.77. The Balaban J connectivity index is 2.86. The lowest BCUT2D eigenvalue weighted by atomic mass is 10.1. The number of pyridine rings is 1. The Labute approximate surface area is 97.5 Å². The molecule has 2 rings (SSSR count). The second-order valence-corrected chi connectivity index (χ2v) is 4.04. The lowest BCUT2D eigenvalue weighted by Crippen LogP contribution is -1.97. The van der Waals surface area contributed by atoms with Gasteiger partial charge >= 0.3 is 0 Å². The van der Waals surface area contributed by atoms with Gasteiger partial charge in [-0.1, -0.05) is 11.6 Å². The van der Waals surface area contributed by atoms with E-state index in [0.717, 1.165) is 0 Å². The van der Waals surface area contributed by atoms with E-state index in [-0.39, 0.29) is 12.4 Å². The Hall–Kier alpha value is -1.39. The number of carbonyl (C=O) groups is 1. The third kappa shape index (κ3) is 1.50. The number of nitrogens with zero attached hydrogens (tertiary/aromatic N) is 2. The first-order valence-corrected chi connectivity index (χ1v) is 5.18. The minimum absolute atomic E-state index is 0.125. The molecule has 0 radical (unpaired) electrons. The number of aryl methyl sites for hydroxylation is 1. The number of halogens is 1. The number of carbonyl (C=O) groups excluding carboxylic acids is 1. The zero-order chi connectivity index (χ0) is 11.9. The van der Waals surface area contributed by atoms with Crippen LogP contribution in [0.25, 0.3) is 11.0 Å². The minimum atomic E-state index is -0.132. The molecule has 84 valence electrons. The van der Waals surface area contributed by atoms with Gasteiger partial charge in [0, 0.05) is 30.4 Å². The van der Waals surface area contributed by atoms with Crippen molar-refractivity contribution in [2.24, 2.45) is 7.05 Å². The summed E-state index contributed by atoms with van der Waals surface area (Å²) in [6.45, 7) is 1.32. The highest BCUT2D eigenvalue weighted by Crippen LogP contribution is 2.30. The van der Waals surface area contributed by atoms with E-state index in [0.29, 0.717) is 27.2 Å². The fraction of sp³-hybridized carbons (Fsp3) is 0.273. The van der Waals surface area contributed by atoms with Gasteiger partial charge in [0.1, 0.15) is 5.65 Å². The average molecular weight is 239 g/mol. The topological polar surface area (TPSA) is 55.1 Å². The molecule has 0 aliphatic heterocycles. The van der Waals surface area contributed by atoms with Crippen LogP contribution in [0.1, 0.15) is 22.8 Å². The molecule has 0 atom stereocenters. The Morgan fingerprint density at radius 2 is 2.31 bits per heavy atom. The molecule has 2 aromatic heterocycles. The standard InChI is InChI=1S/C11H11ClN2O2/c1-6(16)8-3-13-11-9(10(8)12)7(5-15)4-14(11)2/h3-4,15H,5H2,1-2H3. The highest BCUT2D eigenvalue weighted by molar-refractivity contribution is 6.38. The number of Topliss-reactive ketones (excluding diaryl/α,β-unsaturated/α-hetero) is 1. The van der Waals surface area contributed by atoms with Crippen molar-refractivity contribution in [2.45, 2.75) is 13.5 Å². The molecule has 0 fully saturated rings. The van der Waals surface area contributed by atoms with Crippen molar-refractivity contribution >= 4 is 28.4 Å². The van der Waals surface area contributed by atoms with E-state index in [1.54, 1.807) is 10.8 Å². The van der Waals surface area contributed by atoms with Crippen LogP contribution < -0.4 is 0 Å². The maximum atomic E-state index is 11.3.